The van der Waals surface area contributed by atoms with Crippen LogP contribution in [-0.4, -0.2) is 36.7 Å². The molecule has 0 aromatic heterocycles. The molecule has 3 nitrogen and oxygen atoms in total. The van der Waals surface area contributed by atoms with E-state index in [-0.39, 0.29) is 6.54 Å². The highest BCUT2D eigenvalue weighted by Crippen LogP contribution is 2.17. The fraction of sp³-hybridized carbons (Fsp3) is 0.312. The van der Waals surface area contributed by atoms with E-state index in [9.17, 15) is 18.0 Å². The predicted octanol–water partition coefficient (Wildman–Crippen LogP) is 3.68. The summed E-state index contributed by atoms with van der Waals surface area (Å²) in [6.07, 6.45) is -0.602. The molecule has 6 heteroatoms. The highest BCUT2D eigenvalue weighted by molar-refractivity contribution is 5.91. The minimum absolute atomic E-state index is 0.161. The Balaban J connectivity index is 2.72. The first-order chi connectivity index (χ1) is 10.4. The topological polar surface area (TPSA) is 29.5 Å². The van der Waals surface area contributed by atoms with Crippen molar-refractivity contribution < 1.29 is 22.7 Å². The second-order valence-electron chi connectivity index (χ2n) is 4.46. The number of rotatable bonds is 7. The average Bonchev–Trinajstić information content (AvgIpc) is 2.45. The van der Waals surface area contributed by atoms with Crippen molar-refractivity contribution >= 4 is 12.0 Å². The third-order valence-electron chi connectivity index (χ3n) is 2.64. The number of carbonyl (C=O) groups is 1. The minimum atomic E-state index is -4.44. The van der Waals surface area contributed by atoms with Crippen molar-refractivity contribution in [3.8, 4) is 5.75 Å². The largest absolute Gasteiger partial charge is 0.494 e. The molecular weight excluding hydrogens is 295 g/mol. The molecule has 0 radical (unpaired) electrons. The molecule has 0 spiro atoms. The van der Waals surface area contributed by atoms with Crippen molar-refractivity contribution in [3.05, 3.63) is 48.6 Å². The van der Waals surface area contributed by atoms with Gasteiger partial charge in [0, 0.05) is 12.6 Å². The number of halogens is 3. The maximum atomic E-state index is 12.4. The molecule has 0 fully saturated rings. The van der Waals surface area contributed by atoms with Gasteiger partial charge in [-0.1, -0.05) is 18.2 Å². The molecule has 0 bridgehead atoms. The van der Waals surface area contributed by atoms with Crippen LogP contribution in [0.5, 0.6) is 5.75 Å². The van der Waals surface area contributed by atoms with Crippen LogP contribution in [0.1, 0.15) is 12.5 Å². The summed E-state index contributed by atoms with van der Waals surface area (Å²) in [5, 5.41) is 0. The van der Waals surface area contributed by atoms with Gasteiger partial charge in [-0.25, -0.2) is 0 Å². The van der Waals surface area contributed by atoms with Crippen molar-refractivity contribution in [1.82, 2.24) is 4.90 Å². The van der Waals surface area contributed by atoms with Gasteiger partial charge in [-0.15, -0.1) is 6.58 Å². The van der Waals surface area contributed by atoms with E-state index in [4.69, 9.17) is 4.74 Å². The Kier molecular flexibility index (Phi) is 6.69. The Morgan fingerprint density at radius 2 is 1.95 bits per heavy atom. The van der Waals surface area contributed by atoms with Crippen LogP contribution in [0, 0.1) is 0 Å². The van der Waals surface area contributed by atoms with Crippen LogP contribution < -0.4 is 4.74 Å². The van der Waals surface area contributed by atoms with Crippen LogP contribution in [0.4, 0.5) is 13.2 Å². The molecule has 0 aliphatic rings. The van der Waals surface area contributed by atoms with Crippen LogP contribution in [0.3, 0.4) is 0 Å². The maximum absolute atomic E-state index is 12.4. The van der Waals surface area contributed by atoms with E-state index in [0.717, 1.165) is 6.08 Å². The lowest BCUT2D eigenvalue weighted by atomic mass is 10.2. The molecule has 1 rings (SSSR count). The van der Waals surface area contributed by atoms with Gasteiger partial charge in [0.05, 0.1) is 6.61 Å². The zero-order valence-electron chi connectivity index (χ0n) is 12.3. The first-order valence-electron chi connectivity index (χ1n) is 6.73. The Morgan fingerprint density at radius 1 is 1.32 bits per heavy atom. The molecule has 22 heavy (non-hydrogen) atoms. The van der Waals surface area contributed by atoms with Gasteiger partial charge in [0.2, 0.25) is 5.91 Å². The van der Waals surface area contributed by atoms with Crippen LogP contribution in [0.15, 0.2) is 43.0 Å². The molecule has 120 valence electrons. The summed E-state index contributed by atoms with van der Waals surface area (Å²) in [6.45, 7) is 4.30. The summed E-state index contributed by atoms with van der Waals surface area (Å²) in [7, 11) is 0. The number of hydrogen-bond acceptors (Lipinski definition) is 2. The molecule has 1 amide bonds. The Hall–Kier alpha value is -2.24. The highest BCUT2D eigenvalue weighted by atomic mass is 19.4. The van der Waals surface area contributed by atoms with Crippen molar-refractivity contribution in [2.75, 3.05) is 19.7 Å². The summed E-state index contributed by atoms with van der Waals surface area (Å²) in [6, 6.07) is 6.89. The second kappa shape index (κ2) is 8.26. The summed E-state index contributed by atoms with van der Waals surface area (Å²) in [5.74, 6) is -0.0255. The lowest BCUT2D eigenvalue weighted by molar-refractivity contribution is -0.157. The van der Waals surface area contributed by atoms with Crippen LogP contribution in [0.2, 0.25) is 0 Å². The lowest BCUT2D eigenvalue weighted by Crippen LogP contribution is -2.38. The number of carbonyl (C=O) groups excluding carboxylic acids is 1. The van der Waals surface area contributed by atoms with Gasteiger partial charge in [-0.05, 0) is 30.7 Å². The number of alkyl halides is 3. The summed E-state index contributed by atoms with van der Waals surface area (Å²) >= 11 is 0. The van der Waals surface area contributed by atoms with E-state index in [1.54, 1.807) is 24.3 Å². The van der Waals surface area contributed by atoms with Gasteiger partial charge in [-0.2, -0.15) is 13.2 Å². The highest BCUT2D eigenvalue weighted by Gasteiger charge is 2.31. The van der Waals surface area contributed by atoms with E-state index in [1.165, 1.54) is 12.2 Å². The number of hydrogen-bond donors (Lipinski definition) is 0. The van der Waals surface area contributed by atoms with Crippen molar-refractivity contribution in [2.24, 2.45) is 0 Å². The molecular formula is C16H18F3NO2. The molecule has 0 atom stereocenters. The fourth-order valence-electron chi connectivity index (χ4n) is 1.72. The van der Waals surface area contributed by atoms with Gasteiger partial charge in [0.15, 0.2) is 0 Å². The molecule has 0 heterocycles. The standard InChI is InChI=1S/C16H18F3NO2/c1-3-11-20(12-16(17,18)19)15(21)10-7-13-5-8-14(9-6-13)22-4-2/h3,5-10H,1,4,11-12H2,2H3/b10-7+. The van der Waals surface area contributed by atoms with Gasteiger partial charge < -0.3 is 9.64 Å². The second-order valence-corrected chi connectivity index (χ2v) is 4.46. The minimum Gasteiger partial charge on any atom is -0.494 e. The quantitative estimate of drug-likeness (QED) is 0.568. The van der Waals surface area contributed by atoms with Gasteiger partial charge in [0.25, 0.3) is 0 Å². The van der Waals surface area contributed by atoms with Gasteiger partial charge in [-0.3, -0.25) is 4.79 Å². The first kappa shape index (κ1) is 17.8. The Morgan fingerprint density at radius 3 is 2.45 bits per heavy atom. The van der Waals surface area contributed by atoms with Gasteiger partial charge in [0.1, 0.15) is 12.3 Å². The summed E-state index contributed by atoms with van der Waals surface area (Å²) < 4.78 is 42.5. The molecule has 0 saturated heterocycles. The Bertz CT molecular complexity index is 521. The van der Waals surface area contributed by atoms with E-state index in [1.807, 2.05) is 6.92 Å². The molecule has 0 aliphatic carbocycles. The van der Waals surface area contributed by atoms with Gasteiger partial charge >= 0.3 is 6.18 Å². The van der Waals surface area contributed by atoms with Crippen molar-refractivity contribution in [3.63, 3.8) is 0 Å². The van der Waals surface area contributed by atoms with E-state index < -0.39 is 18.6 Å². The Labute approximate surface area is 127 Å². The predicted molar refractivity (Wildman–Crippen MR) is 79.5 cm³/mol. The molecule has 0 aliphatic heterocycles. The first-order valence-corrected chi connectivity index (χ1v) is 6.73. The summed E-state index contributed by atoms with van der Waals surface area (Å²) in [4.78, 5) is 12.5. The SMILES string of the molecule is C=CCN(CC(F)(F)F)C(=O)/C=C/c1ccc(OCC)cc1. The van der Waals surface area contributed by atoms with E-state index >= 15 is 0 Å². The smallest absolute Gasteiger partial charge is 0.406 e. The van der Waals surface area contributed by atoms with Crippen molar-refractivity contribution in [2.45, 2.75) is 13.1 Å². The zero-order valence-corrected chi connectivity index (χ0v) is 12.3. The number of benzene rings is 1. The normalized spacial score (nSPS) is 11.5. The number of amides is 1. The summed E-state index contributed by atoms with van der Waals surface area (Å²) in [5.41, 5.74) is 0.697. The van der Waals surface area contributed by atoms with Crippen LogP contribution in [0.25, 0.3) is 6.08 Å². The van der Waals surface area contributed by atoms with E-state index in [0.29, 0.717) is 22.8 Å². The monoisotopic (exact) mass is 313 g/mol. The molecule has 1 aromatic carbocycles. The number of ether oxygens (including phenoxy) is 1. The molecule has 0 saturated carbocycles. The third kappa shape index (κ3) is 6.47. The lowest BCUT2D eigenvalue weighted by Gasteiger charge is -2.20. The molecule has 0 N–H and O–H groups in total. The van der Waals surface area contributed by atoms with E-state index in [2.05, 4.69) is 6.58 Å². The van der Waals surface area contributed by atoms with Crippen molar-refractivity contribution in [1.29, 1.82) is 0 Å². The molecule has 1 aromatic rings. The van der Waals surface area contributed by atoms with Crippen LogP contribution >= 0.6 is 0 Å². The van der Waals surface area contributed by atoms with Crippen LogP contribution in [-0.2, 0) is 4.79 Å². The maximum Gasteiger partial charge on any atom is 0.406 e. The zero-order chi connectivity index (χ0) is 16.6. The third-order valence-corrected chi connectivity index (χ3v) is 2.64. The molecule has 0 unspecified atom stereocenters. The fourth-order valence-corrected chi connectivity index (χ4v) is 1.72. The average molecular weight is 313 g/mol. The number of nitrogens with zero attached hydrogens (tertiary/aromatic N) is 1.